The van der Waals surface area contributed by atoms with Crippen LogP contribution >= 0.6 is 23.2 Å². The quantitative estimate of drug-likeness (QED) is 0.773. The van der Waals surface area contributed by atoms with Gasteiger partial charge in [-0.25, -0.2) is 8.42 Å². The van der Waals surface area contributed by atoms with Gasteiger partial charge in [-0.3, -0.25) is 4.31 Å². The van der Waals surface area contributed by atoms with E-state index < -0.39 is 10.0 Å². The zero-order valence-corrected chi connectivity index (χ0v) is 15.3. The van der Waals surface area contributed by atoms with Crippen molar-refractivity contribution in [3.63, 3.8) is 0 Å². The minimum atomic E-state index is -3.84. The van der Waals surface area contributed by atoms with E-state index in [1.54, 1.807) is 19.1 Å². The number of sulfonamides is 1. The standard InChI is InChI=1S/C16H17Cl2NO3S/c1-4-19(12-7-5-6-11(2)10-12)23(20,21)14-9-8-13(22-3)15(17)16(14)18/h5-10H,4H2,1-3H3. The molecule has 2 aromatic carbocycles. The van der Waals surface area contributed by atoms with Gasteiger partial charge in [0.2, 0.25) is 0 Å². The molecule has 0 aliphatic rings. The van der Waals surface area contributed by atoms with Gasteiger partial charge in [0.05, 0.1) is 17.8 Å². The highest BCUT2D eigenvalue weighted by Gasteiger charge is 2.28. The first kappa shape index (κ1) is 17.9. The lowest BCUT2D eigenvalue weighted by Gasteiger charge is -2.24. The van der Waals surface area contributed by atoms with Gasteiger partial charge in [-0.05, 0) is 43.7 Å². The molecule has 7 heteroatoms. The van der Waals surface area contributed by atoms with Crippen LogP contribution in [0.25, 0.3) is 0 Å². The summed E-state index contributed by atoms with van der Waals surface area (Å²) in [6, 6.07) is 10.2. The van der Waals surface area contributed by atoms with Gasteiger partial charge in [-0.2, -0.15) is 0 Å². The van der Waals surface area contributed by atoms with Crippen LogP contribution in [0.5, 0.6) is 5.75 Å². The third kappa shape index (κ3) is 3.42. The van der Waals surface area contributed by atoms with Gasteiger partial charge in [-0.1, -0.05) is 35.3 Å². The Labute approximate surface area is 146 Å². The van der Waals surface area contributed by atoms with Gasteiger partial charge in [0.15, 0.2) is 0 Å². The normalized spacial score (nSPS) is 11.3. The number of aryl methyl sites for hydroxylation is 1. The molecule has 0 radical (unpaired) electrons. The first-order valence-corrected chi connectivity index (χ1v) is 9.14. The van der Waals surface area contributed by atoms with Gasteiger partial charge >= 0.3 is 0 Å². The number of hydrogen-bond donors (Lipinski definition) is 0. The van der Waals surface area contributed by atoms with Crippen molar-refractivity contribution in [2.45, 2.75) is 18.7 Å². The molecular formula is C16H17Cl2NO3S. The summed E-state index contributed by atoms with van der Waals surface area (Å²) in [4.78, 5) is -0.0478. The molecule has 0 N–H and O–H groups in total. The Kier molecular flexibility index (Phi) is 5.45. The molecule has 124 valence electrons. The Morgan fingerprint density at radius 3 is 2.39 bits per heavy atom. The average molecular weight is 374 g/mol. The van der Waals surface area contributed by atoms with Crippen LogP contribution in [0.4, 0.5) is 5.69 Å². The molecule has 0 saturated heterocycles. The van der Waals surface area contributed by atoms with Crippen LogP contribution in [0, 0.1) is 6.92 Å². The van der Waals surface area contributed by atoms with E-state index in [1.807, 2.05) is 19.1 Å². The fourth-order valence-corrected chi connectivity index (χ4v) is 4.55. The van der Waals surface area contributed by atoms with Crippen LogP contribution < -0.4 is 9.04 Å². The van der Waals surface area contributed by atoms with Crippen LogP contribution in [0.2, 0.25) is 10.0 Å². The van der Waals surface area contributed by atoms with Crippen LogP contribution in [0.3, 0.4) is 0 Å². The minimum absolute atomic E-state index is 0.0443. The predicted molar refractivity (Wildman–Crippen MR) is 94.4 cm³/mol. The van der Waals surface area contributed by atoms with E-state index in [0.29, 0.717) is 11.4 Å². The van der Waals surface area contributed by atoms with Crippen molar-refractivity contribution in [2.24, 2.45) is 0 Å². The van der Waals surface area contributed by atoms with E-state index in [9.17, 15) is 8.42 Å². The molecule has 0 spiro atoms. The largest absolute Gasteiger partial charge is 0.495 e. The Balaban J connectivity index is 2.58. The second-order valence-electron chi connectivity index (χ2n) is 4.90. The van der Waals surface area contributed by atoms with E-state index in [-0.39, 0.29) is 21.5 Å². The Bertz CT molecular complexity index is 822. The third-order valence-electron chi connectivity index (χ3n) is 3.38. The van der Waals surface area contributed by atoms with Gasteiger partial charge in [0.1, 0.15) is 15.7 Å². The van der Waals surface area contributed by atoms with Gasteiger partial charge in [0.25, 0.3) is 10.0 Å². The second-order valence-corrected chi connectivity index (χ2v) is 7.49. The van der Waals surface area contributed by atoms with Crippen molar-refractivity contribution in [2.75, 3.05) is 18.0 Å². The van der Waals surface area contributed by atoms with E-state index in [0.717, 1.165) is 5.56 Å². The van der Waals surface area contributed by atoms with E-state index in [2.05, 4.69) is 0 Å². The zero-order valence-electron chi connectivity index (χ0n) is 13.0. The van der Waals surface area contributed by atoms with Gasteiger partial charge < -0.3 is 4.74 Å². The number of halogens is 2. The summed E-state index contributed by atoms with van der Waals surface area (Å²) in [6.07, 6.45) is 0. The molecule has 0 fully saturated rings. The first-order chi connectivity index (χ1) is 10.8. The summed E-state index contributed by atoms with van der Waals surface area (Å²) in [5.41, 5.74) is 1.55. The summed E-state index contributed by atoms with van der Waals surface area (Å²) in [6.45, 7) is 3.94. The number of benzene rings is 2. The Morgan fingerprint density at radius 1 is 1.13 bits per heavy atom. The van der Waals surface area contributed by atoms with Crippen LogP contribution in [0.1, 0.15) is 12.5 Å². The molecule has 0 aliphatic carbocycles. The minimum Gasteiger partial charge on any atom is -0.495 e. The second kappa shape index (κ2) is 6.99. The third-order valence-corrected chi connectivity index (χ3v) is 6.30. The lowest BCUT2D eigenvalue weighted by molar-refractivity contribution is 0.414. The first-order valence-electron chi connectivity index (χ1n) is 6.94. The van der Waals surface area contributed by atoms with Crippen molar-refractivity contribution in [1.29, 1.82) is 0 Å². The lowest BCUT2D eigenvalue weighted by Crippen LogP contribution is -2.31. The smallest absolute Gasteiger partial charge is 0.265 e. The summed E-state index contributed by atoms with van der Waals surface area (Å²) < 4.78 is 32.3. The number of anilines is 1. The molecule has 0 bridgehead atoms. The van der Waals surface area contributed by atoms with E-state index in [1.165, 1.54) is 23.5 Å². The zero-order chi connectivity index (χ0) is 17.2. The number of rotatable bonds is 5. The highest BCUT2D eigenvalue weighted by molar-refractivity contribution is 7.93. The predicted octanol–water partition coefficient (Wildman–Crippen LogP) is 4.53. The molecule has 0 amide bonds. The summed E-state index contributed by atoms with van der Waals surface area (Å²) in [7, 11) is -2.40. The topological polar surface area (TPSA) is 46.6 Å². The van der Waals surface area contributed by atoms with Gasteiger partial charge in [-0.15, -0.1) is 0 Å². The molecule has 2 rings (SSSR count). The number of methoxy groups -OCH3 is 1. The van der Waals surface area contributed by atoms with Crippen molar-refractivity contribution in [3.8, 4) is 5.75 Å². The van der Waals surface area contributed by atoms with Crippen molar-refractivity contribution < 1.29 is 13.2 Å². The highest BCUT2D eigenvalue weighted by atomic mass is 35.5. The number of ether oxygens (including phenoxy) is 1. The SMILES string of the molecule is CCN(c1cccc(C)c1)S(=O)(=O)c1ccc(OC)c(Cl)c1Cl. The fourth-order valence-electron chi connectivity index (χ4n) is 2.26. The molecule has 0 aromatic heterocycles. The number of hydrogen-bond acceptors (Lipinski definition) is 3. The summed E-state index contributed by atoms with van der Waals surface area (Å²) >= 11 is 12.2. The van der Waals surface area contributed by atoms with E-state index in [4.69, 9.17) is 27.9 Å². The summed E-state index contributed by atoms with van der Waals surface area (Å²) in [5.74, 6) is 0.328. The van der Waals surface area contributed by atoms with Crippen molar-refractivity contribution in [1.82, 2.24) is 0 Å². The summed E-state index contributed by atoms with van der Waals surface area (Å²) in [5, 5.41) is 0.0349. The maximum atomic E-state index is 13.0. The maximum Gasteiger partial charge on any atom is 0.265 e. The van der Waals surface area contributed by atoms with Crippen LogP contribution in [-0.2, 0) is 10.0 Å². The molecule has 0 saturated carbocycles. The fraction of sp³-hybridized carbons (Fsp3) is 0.250. The maximum absolute atomic E-state index is 13.0. The van der Waals surface area contributed by atoms with Crippen LogP contribution in [-0.4, -0.2) is 22.1 Å². The van der Waals surface area contributed by atoms with Crippen molar-refractivity contribution >= 4 is 38.9 Å². The molecule has 23 heavy (non-hydrogen) atoms. The monoisotopic (exact) mass is 373 g/mol. The molecule has 0 atom stereocenters. The molecule has 0 unspecified atom stereocenters. The Hall–Kier alpha value is -1.43. The molecule has 0 aliphatic heterocycles. The van der Waals surface area contributed by atoms with Gasteiger partial charge in [0, 0.05) is 6.54 Å². The van der Waals surface area contributed by atoms with Crippen molar-refractivity contribution in [3.05, 3.63) is 52.0 Å². The Morgan fingerprint density at radius 2 is 1.83 bits per heavy atom. The molecule has 0 heterocycles. The number of nitrogens with zero attached hydrogens (tertiary/aromatic N) is 1. The highest BCUT2D eigenvalue weighted by Crippen LogP contribution is 2.38. The molecule has 4 nitrogen and oxygen atoms in total. The molecule has 2 aromatic rings. The van der Waals surface area contributed by atoms with Crippen LogP contribution in [0.15, 0.2) is 41.3 Å². The van der Waals surface area contributed by atoms with E-state index >= 15 is 0 Å². The lowest BCUT2D eigenvalue weighted by atomic mass is 10.2. The average Bonchev–Trinajstić information content (AvgIpc) is 2.50. The molecular weight excluding hydrogens is 357 g/mol.